The van der Waals surface area contributed by atoms with Crippen molar-refractivity contribution in [3.63, 3.8) is 0 Å². The lowest BCUT2D eigenvalue weighted by Crippen LogP contribution is -2.71. The molecule has 13 nitrogen and oxygen atoms in total. The number of nitrogens with zero attached hydrogens (tertiary/aromatic N) is 4. The molecule has 4 aromatic carbocycles. The summed E-state index contributed by atoms with van der Waals surface area (Å²) in [4.78, 5) is 59.6. The molecule has 2 N–H and O–H groups in total. The van der Waals surface area contributed by atoms with Crippen molar-refractivity contribution in [2.24, 2.45) is 5.16 Å². The highest BCUT2D eigenvalue weighted by Gasteiger charge is 2.54. The van der Waals surface area contributed by atoms with E-state index in [1.54, 1.807) is 24.6 Å². The fraction of sp³-hybridized carbons (Fsp3) is 0.255. The van der Waals surface area contributed by atoms with E-state index in [4.69, 9.17) is 24.1 Å². The summed E-state index contributed by atoms with van der Waals surface area (Å²) < 4.78 is 11.5. The Morgan fingerprint density at radius 2 is 1.56 bits per heavy atom. The topological polar surface area (TPSA) is 141 Å². The Labute approximate surface area is 368 Å². The number of β-lactam (4-membered cyclic amide) rings is 1. The van der Waals surface area contributed by atoms with Crippen LogP contribution in [0.3, 0.4) is 0 Å². The van der Waals surface area contributed by atoms with Crippen molar-refractivity contribution in [2.45, 2.75) is 36.1 Å². The van der Waals surface area contributed by atoms with Gasteiger partial charge in [0, 0.05) is 17.6 Å². The third kappa shape index (κ3) is 8.75. The first-order chi connectivity index (χ1) is 30.1. The molecule has 0 bridgehead atoms. The zero-order valence-corrected chi connectivity index (χ0v) is 36.4. The van der Waals surface area contributed by atoms with Crippen molar-refractivity contribution in [3.05, 3.63) is 172 Å². The lowest BCUT2D eigenvalue weighted by atomic mass is 9.77. The van der Waals surface area contributed by atoms with Crippen molar-refractivity contribution < 1.29 is 38.2 Å². The van der Waals surface area contributed by atoms with Crippen molar-refractivity contribution in [1.29, 1.82) is 0 Å². The zero-order valence-electron chi connectivity index (χ0n) is 34.7. The van der Waals surface area contributed by atoms with Gasteiger partial charge in [0.1, 0.15) is 60.5 Å². The molecular formula is C47H47N6O7S2+. The van der Waals surface area contributed by atoms with Gasteiger partial charge in [-0.3, -0.25) is 14.5 Å². The fourth-order valence-electron chi connectivity index (χ4n) is 7.85. The minimum absolute atomic E-state index is 0.00870. The number of amides is 2. The smallest absolute Gasteiger partial charge is 0.355 e. The molecule has 3 atom stereocenters. The van der Waals surface area contributed by atoms with Crippen LogP contribution >= 0.6 is 23.1 Å². The van der Waals surface area contributed by atoms with Gasteiger partial charge in [-0.2, -0.15) is 9.48 Å². The Bertz CT molecular complexity index is 2400. The molecule has 3 aliphatic heterocycles. The van der Waals surface area contributed by atoms with E-state index in [1.165, 1.54) is 35.1 Å². The predicted octanol–water partition coefficient (Wildman–Crippen LogP) is 6.64. The second kappa shape index (κ2) is 18.4. The van der Waals surface area contributed by atoms with Crippen molar-refractivity contribution >= 4 is 51.7 Å². The number of methoxy groups -OCH3 is 1. The molecule has 5 aromatic rings. The molecule has 4 heterocycles. The quantitative estimate of drug-likeness (QED) is 0.0294. The number of thioether (sulfide) groups is 1. The van der Waals surface area contributed by atoms with Crippen LogP contribution in [0, 0.1) is 0 Å². The summed E-state index contributed by atoms with van der Waals surface area (Å²) in [5.74, 6) is -0.682. The largest absolute Gasteiger partial charge is 0.497 e. The third-order valence-corrected chi connectivity index (χ3v) is 13.0. The number of oxime groups is 1. The third-order valence-electron chi connectivity index (χ3n) is 11.0. The Morgan fingerprint density at radius 1 is 0.935 bits per heavy atom. The van der Waals surface area contributed by atoms with Crippen LogP contribution in [0.4, 0.5) is 5.13 Å². The van der Waals surface area contributed by atoms with Crippen LogP contribution in [0.1, 0.15) is 34.4 Å². The second-order valence-electron chi connectivity index (χ2n) is 15.4. The van der Waals surface area contributed by atoms with Crippen LogP contribution in [-0.4, -0.2) is 96.2 Å². The highest BCUT2D eigenvalue weighted by molar-refractivity contribution is 8.00. The summed E-state index contributed by atoms with van der Waals surface area (Å²) in [6.45, 7) is 0.835. The molecule has 0 saturated carbocycles. The van der Waals surface area contributed by atoms with Gasteiger partial charge >= 0.3 is 5.97 Å². The second-order valence-corrected chi connectivity index (χ2v) is 17.3. The number of allylic oxidation sites excluding steroid dienone is 1. The monoisotopic (exact) mass is 871 g/mol. The summed E-state index contributed by atoms with van der Waals surface area (Å²) in [5, 5.41) is 12.4. The van der Waals surface area contributed by atoms with E-state index >= 15 is 0 Å². The number of carbonyl (C=O) groups is 3. The Morgan fingerprint density at radius 3 is 2.13 bits per heavy atom. The van der Waals surface area contributed by atoms with Gasteiger partial charge in [-0.1, -0.05) is 114 Å². The molecular weight excluding hydrogens is 825 g/mol. The van der Waals surface area contributed by atoms with Crippen LogP contribution in [-0.2, 0) is 40.9 Å². The molecule has 15 heteroatoms. The van der Waals surface area contributed by atoms with Crippen LogP contribution in [0.2, 0.25) is 0 Å². The number of carbonyl (C=O) groups excluding carboxylic acids is 3. The van der Waals surface area contributed by atoms with E-state index in [0.29, 0.717) is 26.9 Å². The zero-order chi connectivity index (χ0) is 43.3. The number of quaternary nitrogens is 1. The summed E-state index contributed by atoms with van der Waals surface area (Å²) in [6, 6.07) is 36.6. The number of rotatable bonds is 15. The van der Waals surface area contributed by atoms with Crippen LogP contribution < -0.4 is 15.4 Å². The molecule has 62 heavy (non-hydrogen) atoms. The molecule has 2 fully saturated rings. The summed E-state index contributed by atoms with van der Waals surface area (Å²) in [5.41, 5.74) is 3.79. The van der Waals surface area contributed by atoms with Gasteiger partial charge in [0.05, 0.1) is 21.2 Å². The predicted molar refractivity (Wildman–Crippen MR) is 239 cm³/mol. The number of hydrogen-bond donors (Lipinski definition) is 2. The number of thiazole rings is 1. The first-order valence-electron chi connectivity index (χ1n) is 20.1. The number of hydrogen-bond acceptors (Lipinski definition) is 12. The number of benzene rings is 4. The molecule has 0 aliphatic carbocycles. The van der Waals surface area contributed by atoms with Crippen molar-refractivity contribution in [2.75, 3.05) is 45.9 Å². The molecule has 3 aliphatic rings. The minimum Gasteiger partial charge on any atom is -0.497 e. The Kier molecular flexibility index (Phi) is 12.6. The number of hydroxylamine groups is 3. The molecule has 318 valence electrons. The standard InChI is InChI=1S/C47H46N6O7S2/c1-53(2)27-26-37(60-53)25-22-32-29-61-44-40(43(55)52(44)41(32)45(56)59-28-31-20-23-36(57-3)24-21-31)49-42(54)39(51-58-4)38-30-62-46(48-38)50-47(33-14-8-5-9-15-33,34-16-10-6-11-17-34)35-18-12-7-13-19-35/h5-25,30,37,40,44H,26-29H2,1-4H3,(H-,48,49,50,54)/p+1/b25-22-,51-39-/t37?,40-,44-/m1/s1. The lowest BCUT2D eigenvalue weighted by molar-refractivity contribution is -1.06. The molecule has 0 radical (unpaired) electrons. The summed E-state index contributed by atoms with van der Waals surface area (Å²) in [7, 11) is 6.91. The summed E-state index contributed by atoms with van der Waals surface area (Å²) in [6.07, 6.45) is 4.44. The van der Waals surface area contributed by atoms with Gasteiger partial charge in [-0.25, -0.2) is 9.78 Å². The van der Waals surface area contributed by atoms with Crippen LogP contribution in [0.25, 0.3) is 0 Å². The van der Waals surface area contributed by atoms with E-state index in [1.807, 2.05) is 93.0 Å². The van der Waals surface area contributed by atoms with E-state index in [0.717, 1.165) is 35.2 Å². The number of aromatic nitrogens is 1. The van der Waals surface area contributed by atoms with Gasteiger partial charge in [0.2, 0.25) is 0 Å². The highest BCUT2D eigenvalue weighted by atomic mass is 32.2. The lowest BCUT2D eigenvalue weighted by Gasteiger charge is -2.49. The first kappa shape index (κ1) is 42.4. The van der Waals surface area contributed by atoms with E-state index < -0.39 is 34.7 Å². The normalized spacial score (nSPS) is 19.7. The van der Waals surface area contributed by atoms with Gasteiger partial charge in [0.25, 0.3) is 11.8 Å². The maximum Gasteiger partial charge on any atom is 0.355 e. The summed E-state index contributed by atoms with van der Waals surface area (Å²) >= 11 is 2.76. The van der Waals surface area contributed by atoms with Gasteiger partial charge in [-0.15, -0.1) is 23.1 Å². The molecule has 2 saturated heterocycles. The van der Waals surface area contributed by atoms with Crippen molar-refractivity contribution in [3.8, 4) is 5.75 Å². The molecule has 0 spiro atoms. The van der Waals surface area contributed by atoms with E-state index in [9.17, 15) is 14.4 Å². The highest BCUT2D eigenvalue weighted by Crippen LogP contribution is 2.43. The van der Waals surface area contributed by atoms with Gasteiger partial charge in [-0.05, 0) is 46.0 Å². The molecule has 8 rings (SSSR count). The van der Waals surface area contributed by atoms with E-state index in [2.05, 4.69) is 52.2 Å². The Balaban J connectivity index is 1.03. The van der Waals surface area contributed by atoms with Crippen LogP contribution in [0.15, 0.2) is 149 Å². The fourth-order valence-corrected chi connectivity index (χ4v) is 9.92. The number of ether oxygens (including phenoxy) is 2. The van der Waals surface area contributed by atoms with Crippen LogP contribution in [0.5, 0.6) is 5.75 Å². The SMILES string of the molecule is CO/N=C(\C(=O)N[C@@H]1C(=O)N2C(C(=O)OCc3ccc(OC)cc3)=C(/C=C\C3CC[N+](C)(C)O3)CS[C@H]12)c1csc(NC(c2ccccc2)(c2ccccc2)c2ccccc2)n1. The molecule has 2 amide bonds. The number of fused-ring (bicyclic) bond motifs is 1. The number of esters is 1. The van der Waals surface area contributed by atoms with Crippen molar-refractivity contribution in [1.82, 2.24) is 15.2 Å². The average Bonchev–Trinajstić information content (AvgIpc) is 3.92. The first-order valence-corrected chi connectivity index (χ1v) is 22.0. The van der Waals surface area contributed by atoms with Gasteiger partial charge in [0.15, 0.2) is 10.8 Å². The van der Waals surface area contributed by atoms with Gasteiger partial charge < -0.3 is 24.9 Å². The van der Waals surface area contributed by atoms with E-state index in [-0.39, 0.29) is 29.8 Å². The molecule has 1 unspecified atom stereocenters. The Hall–Kier alpha value is -6.26. The average molecular weight is 872 g/mol. The molecule has 1 aromatic heterocycles. The minimum atomic E-state index is -0.959. The number of nitrogens with one attached hydrogen (secondary N) is 2. The maximum absolute atomic E-state index is 14.1. The number of anilines is 1. The maximum atomic E-state index is 14.1.